The molecule has 0 saturated heterocycles. The summed E-state index contributed by atoms with van der Waals surface area (Å²) >= 11 is 0. The standard InChI is InChI=1S/C20H26N2O2/c1-20(2,3)15-22(13-6-14-23)19(24)12-11-17-10-9-16-7-4-5-8-18(16)21-17/h4-5,7-12,23H,6,13-15H2,1-3H3/b12-11+. The monoisotopic (exact) mass is 326 g/mol. The molecule has 0 saturated carbocycles. The van der Waals surface area contributed by atoms with Gasteiger partial charge in [-0.25, -0.2) is 4.98 Å². The number of amides is 1. The number of aliphatic hydroxyl groups is 1. The molecule has 2 aromatic rings. The molecule has 0 atom stereocenters. The molecule has 1 N–H and O–H groups in total. The second kappa shape index (κ2) is 8.06. The SMILES string of the molecule is CC(C)(C)CN(CCCO)C(=O)/C=C/c1ccc2ccccc2n1. The summed E-state index contributed by atoms with van der Waals surface area (Å²) in [7, 11) is 0. The summed E-state index contributed by atoms with van der Waals surface area (Å²) in [4.78, 5) is 18.8. The van der Waals surface area contributed by atoms with Crippen LogP contribution in [-0.2, 0) is 4.79 Å². The molecule has 2 rings (SSSR count). The minimum atomic E-state index is -0.0478. The maximum absolute atomic E-state index is 12.5. The van der Waals surface area contributed by atoms with Crippen LogP contribution < -0.4 is 0 Å². The highest BCUT2D eigenvalue weighted by molar-refractivity contribution is 5.92. The number of pyridine rings is 1. The molecule has 0 aliphatic heterocycles. The molecule has 0 aliphatic carbocycles. The lowest BCUT2D eigenvalue weighted by Crippen LogP contribution is -2.37. The molecular weight excluding hydrogens is 300 g/mol. The number of hydrogen-bond donors (Lipinski definition) is 1. The van der Waals surface area contributed by atoms with E-state index in [0.717, 1.165) is 16.6 Å². The molecule has 1 amide bonds. The Morgan fingerprint density at radius 2 is 1.96 bits per heavy atom. The molecule has 4 nitrogen and oxygen atoms in total. The fourth-order valence-electron chi connectivity index (χ4n) is 2.54. The van der Waals surface area contributed by atoms with Gasteiger partial charge in [-0.15, -0.1) is 0 Å². The smallest absolute Gasteiger partial charge is 0.246 e. The third kappa shape index (κ3) is 5.46. The van der Waals surface area contributed by atoms with E-state index in [1.807, 2.05) is 36.4 Å². The third-order valence-corrected chi connectivity index (χ3v) is 3.58. The molecule has 0 fully saturated rings. The van der Waals surface area contributed by atoms with Gasteiger partial charge in [0.15, 0.2) is 0 Å². The average Bonchev–Trinajstić information content (AvgIpc) is 2.55. The van der Waals surface area contributed by atoms with Crippen LogP contribution in [0.1, 0.15) is 32.9 Å². The van der Waals surface area contributed by atoms with Crippen LogP contribution in [0, 0.1) is 5.41 Å². The van der Waals surface area contributed by atoms with Gasteiger partial charge in [-0.3, -0.25) is 4.79 Å². The Morgan fingerprint density at radius 3 is 2.67 bits per heavy atom. The molecule has 1 heterocycles. The second-order valence-electron chi connectivity index (χ2n) is 7.16. The van der Waals surface area contributed by atoms with Crippen molar-refractivity contribution in [2.24, 2.45) is 5.41 Å². The van der Waals surface area contributed by atoms with Crippen LogP contribution in [0.5, 0.6) is 0 Å². The molecule has 24 heavy (non-hydrogen) atoms. The molecule has 1 aromatic heterocycles. The fraction of sp³-hybridized carbons (Fsp3) is 0.400. The van der Waals surface area contributed by atoms with E-state index in [1.54, 1.807) is 17.1 Å². The predicted octanol–water partition coefficient (Wildman–Crippen LogP) is 3.51. The normalized spacial score (nSPS) is 12.0. The summed E-state index contributed by atoms with van der Waals surface area (Å²) < 4.78 is 0. The predicted molar refractivity (Wildman–Crippen MR) is 98.5 cm³/mol. The maximum Gasteiger partial charge on any atom is 0.246 e. The lowest BCUT2D eigenvalue weighted by atomic mass is 9.96. The lowest BCUT2D eigenvalue weighted by Gasteiger charge is -2.29. The molecule has 0 spiro atoms. The van der Waals surface area contributed by atoms with Crippen molar-refractivity contribution in [2.45, 2.75) is 27.2 Å². The summed E-state index contributed by atoms with van der Waals surface area (Å²) in [6.07, 6.45) is 3.91. The largest absolute Gasteiger partial charge is 0.396 e. The van der Waals surface area contributed by atoms with Crippen molar-refractivity contribution in [1.82, 2.24) is 9.88 Å². The maximum atomic E-state index is 12.5. The van der Waals surface area contributed by atoms with Gasteiger partial charge in [0.25, 0.3) is 0 Å². The summed E-state index contributed by atoms with van der Waals surface area (Å²) in [5, 5.41) is 10.1. The van der Waals surface area contributed by atoms with Crippen LogP contribution in [0.4, 0.5) is 0 Å². The molecule has 0 radical (unpaired) electrons. The van der Waals surface area contributed by atoms with Crippen LogP contribution in [0.15, 0.2) is 42.5 Å². The minimum absolute atomic E-state index is 0.0140. The number of aromatic nitrogens is 1. The zero-order valence-electron chi connectivity index (χ0n) is 14.7. The van der Waals surface area contributed by atoms with E-state index in [4.69, 9.17) is 5.11 Å². The lowest BCUT2D eigenvalue weighted by molar-refractivity contribution is -0.127. The molecule has 0 bridgehead atoms. The van der Waals surface area contributed by atoms with Crippen molar-refractivity contribution in [1.29, 1.82) is 0 Å². The van der Waals surface area contributed by atoms with E-state index in [9.17, 15) is 4.79 Å². The van der Waals surface area contributed by atoms with E-state index in [0.29, 0.717) is 19.5 Å². The number of carbonyl (C=O) groups is 1. The number of hydrogen-bond acceptors (Lipinski definition) is 3. The highest BCUT2D eigenvalue weighted by Crippen LogP contribution is 2.16. The van der Waals surface area contributed by atoms with Crippen molar-refractivity contribution in [2.75, 3.05) is 19.7 Å². The molecule has 0 unspecified atom stereocenters. The first-order chi connectivity index (χ1) is 11.4. The average molecular weight is 326 g/mol. The van der Waals surface area contributed by atoms with Crippen molar-refractivity contribution in [3.05, 3.63) is 48.2 Å². The van der Waals surface area contributed by atoms with E-state index in [2.05, 4.69) is 25.8 Å². The van der Waals surface area contributed by atoms with Crippen molar-refractivity contribution < 1.29 is 9.90 Å². The van der Waals surface area contributed by atoms with Crippen LogP contribution in [0.2, 0.25) is 0 Å². The number of fused-ring (bicyclic) bond motifs is 1. The Morgan fingerprint density at radius 1 is 1.21 bits per heavy atom. The molecular formula is C20H26N2O2. The Hall–Kier alpha value is -2.20. The van der Waals surface area contributed by atoms with Crippen LogP contribution >= 0.6 is 0 Å². The van der Waals surface area contributed by atoms with Gasteiger partial charge in [0.1, 0.15) is 0 Å². The summed E-state index contributed by atoms with van der Waals surface area (Å²) in [5.74, 6) is -0.0478. The van der Waals surface area contributed by atoms with Gasteiger partial charge in [-0.05, 0) is 30.0 Å². The summed E-state index contributed by atoms with van der Waals surface area (Å²) in [5.41, 5.74) is 1.69. The van der Waals surface area contributed by atoms with Gasteiger partial charge in [0.2, 0.25) is 5.91 Å². The molecule has 128 valence electrons. The Kier molecular flexibility index (Phi) is 6.10. The Balaban J connectivity index is 2.12. The number of para-hydroxylation sites is 1. The van der Waals surface area contributed by atoms with Crippen molar-refractivity contribution >= 4 is 22.9 Å². The van der Waals surface area contributed by atoms with Gasteiger partial charge in [-0.1, -0.05) is 45.0 Å². The van der Waals surface area contributed by atoms with Crippen LogP contribution in [-0.4, -0.2) is 40.6 Å². The van der Waals surface area contributed by atoms with E-state index in [-0.39, 0.29) is 17.9 Å². The molecule has 4 heteroatoms. The van der Waals surface area contributed by atoms with Crippen LogP contribution in [0.25, 0.3) is 17.0 Å². The van der Waals surface area contributed by atoms with Crippen molar-refractivity contribution in [3.63, 3.8) is 0 Å². The van der Waals surface area contributed by atoms with E-state index >= 15 is 0 Å². The van der Waals surface area contributed by atoms with Gasteiger partial charge < -0.3 is 10.0 Å². The number of rotatable bonds is 6. The molecule has 0 aliphatic rings. The highest BCUT2D eigenvalue weighted by Gasteiger charge is 2.19. The van der Waals surface area contributed by atoms with Gasteiger partial charge in [0, 0.05) is 31.2 Å². The Bertz CT molecular complexity index is 717. The third-order valence-electron chi connectivity index (χ3n) is 3.58. The zero-order chi connectivity index (χ0) is 17.6. The number of aliphatic hydroxyl groups excluding tert-OH is 1. The fourth-order valence-corrected chi connectivity index (χ4v) is 2.54. The van der Waals surface area contributed by atoms with Gasteiger partial charge in [0.05, 0.1) is 11.2 Å². The topological polar surface area (TPSA) is 53.4 Å². The number of nitrogens with zero attached hydrogens (tertiary/aromatic N) is 2. The second-order valence-corrected chi connectivity index (χ2v) is 7.16. The molecule has 1 aromatic carbocycles. The number of benzene rings is 1. The number of carbonyl (C=O) groups excluding carboxylic acids is 1. The Labute approximate surface area is 143 Å². The first-order valence-corrected chi connectivity index (χ1v) is 8.33. The summed E-state index contributed by atoms with van der Waals surface area (Å²) in [6, 6.07) is 11.8. The van der Waals surface area contributed by atoms with E-state index in [1.165, 1.54) is 0 Å². The van der Waals surface area contributed by atoms with Gasteiger partial charge in [-0.2, -0.15) is 0 Å². The highest BCUT2D eigenvalue weighted by atomic mass is 16.3. The van der Waals surface area contributed by atoms with Crippen molar-refractivity contribution in [3.8, 4) is 0 Å². The first kappa shape index (κ1) is 18.1. The zero-order valence-corrected chi connectivity index (χ0v) is 14.7. The first-order valence-electron chi connectivity index (χ1n) is 8.33. The van der Waals surface area contributed by atoms with E-state index < -0.39 is 0 Å². The van der Waals surface area contributed by atoms with Crippen LogP contribution in [0.3, 0.4) is 0 Å². The minimum Gasteiger partial charge on any atom is -0.396 e. The van der Waals surface area contributed by atoms with Gasteiger partial charge >= 0.3 is 0 Å². The summed E-state index contributed by atoms with van der Waals surface area (Å²) in [6.45, 7) is 7.59. The quantitative estimate of drug-likeness (QED) is 0.827.